The van der Waals surface area contributed by atoms with Crippen LogP contribution in [0, 0.1) is 13.7 Å². The molecule has 2 aromatic carbocycles. The van der Waals surface area contributed by atoms with E-state index < -0.39 is 14.9 Å². The Morgan fingerprint density at radius 3 is 2.33 bits per heavy atom. The van der Waals surface area contributed by atoms with Gasteiger partial charge in [0.25, 0.3) is 5.69 Å². The zero-order valence-corrected chi connectivity index (χ0v) is 16.1. The molecule has 24 heavy (non-hydrogen) atoms. The fourth-order valence-electron chi connectivity index (χ4n) is 2.47. The molecule has 1 aliphatic heterocycles. The molecule has 0 unspecified atom stereocenters. The van der Waals surface area contributed by atoms with Crippen molar-refractivity contribution in [2.75, 3.05) is 12.3 Å². The number of rotatable bonds is 4. The third kappa shape index (κ3) is 3.44. The lowest BCUT2D eigenvalue weighted by Crippen LogP contribution is -2.30. The monoisotopic (exact) mass is 476 g/mol. The molecule has 0 N–H and O–H groups in total. The summed E-state index contributed by atoms with van der Waals surface area (Å²) in [5.41, 5.74) is 0.742. The molecule has 0 aliphatic carbocycles. The summed E-state index contributed by atoms with van der Waals surface area (Å²) in [7, 11) is -3.60. The van der Waals surface area contributed by atoms with E-state index in [2.05, 4.69) is 22.6 Å². The molecular weight excluding hydrogens is 463 g/mol. The third-order valence-corrected chi connectivity index (χ3v) is 7.65. The number of hydrogen-bond acceptors (Lipinski definition) is 5. The van der Waals surface area contributed by atoms with Gasteiger partial charge in [-0.25, -0.2) is 8.42 Å². The minimum absolute atomic E-state index is 0.00575. The summed E-state index contributed by atoms with van der Waals surface area (Å²) in [6.45, 7) is 0.417. The third-order valence-electron chi connectivity index (χ3n) is 3.66. The molecule has 126 valence electrons. The highest BCUT2D eigenvalue weighted by Crippen LogP contribution is 2.41. The van der Waals surface area contributed by atoms with Crippen LogP contribution in [0.15, 0.2) is 53.4 Å². The van der Waals surface area contributed by atoms with Gasteiger partial charge in [0.2, 0.25) is 10.0 Å². The topological polar surface area (TPSA) is 80.5 Å². The Kier molecular flexibility index (Phi) is 5.13. The minimum Gasteiger partial charge on any atom is -0.258 e. The standard InChI is InChI=1S/C15H13IN2O4S2/c16-12-3-7-14(8-4-12)24(21,22)17-9-10-23-15(17)11-1-5-13(6-2-11)18(19)20/h1-8,15H,9-10H2/t15-/m0/s1. The summed E-state index contributed by atoms with van der Waals surface area (Å²) < 4.78 is 28.2. The van der Waals surface area contributed by atoms with Gasteiger partial charge in [0, 0.05) is 28.0 Å². The summed E-state index contributed by atoms with van der Waals surface area (Å²) in [6.07, 6.45) is 0. The molecule has 3 rings (SSSR count). The van der Waals surface area contributed by atoms with Crippen LogP contribution in [-0.4, -0.2) is 29.9 Å². The lowest BCUT2D eigenvalue weighted by atomic mass is 10.2. The van der Waals surface area contributed by atoms with Crippen LogP contribution >= 0.6 is 34.4 Å². The molecule has 1 atom stereocenters. The largest absolute Gasteiger partial charge is 0.269 e. The first kappa shape index (κ1) is 17.6. The van der Waals surface area contributed by atoms with E-state index in [4.69, 9.17) is 0 Å². The van der Waals surface area contributed by atoms with E-state index in [1.165, 1.54) is 28.2 Å². The SMILES string of the molecule is O=[N+]([O-])c1ccc([C@@H]2SCCN2S(=O)(=O)c2ccc(I)cc2)cc1. The summed E-state index contributed by atoms with van der Waals surface area (Å²) >= 11 is 3.64. The number of nitro benzene ring substituents is 1. The Morgan fingerprint density at radius 1 is 1.12 bits per heavy atom. The van der Waals surface area contributed by atoms with E-state index in [0.717, 1.165) is 9.13 Å². The van der Waals surface area contributed by atoms with Gasteiger partial charge in [-0.2, -0.15) is 4.31 Å². The molecule has 2 aromatic rings. The number of non-ortho nitro benzene ring substituents is 1. The lowest BCUT2D eigenvalue weighted by molar-refractivity contribution is -0.384. The molecule has 0 amide bonds. The van der Waals surface area contributed by atoms with Gasteiger partial charge in [0.1, 0.15) is 0 Å². The molecule has 1 aliphatic rings. The van der Waals surface area contributed by atoms with Gasteiger partial charge in [-0.15, -0.1) is 11.8 Å². The fraction of sp³-hybridized carbons (Fsp3) is 0.200. The predicted octanol–water partition coefficient (Wildman–Crippen LogP) is 3.64. The smallest absolute Gasteiger partial charge is 0.258 e. The van der Waals surface area contributed by atoms with E-state index in [1.807, 2.05) is 0 Å². The second kappa shape index (κ2) is 6.98. The average molecular weight is 476 g/mol. The number of benzene rings is 2. The number of nitrogens with zero attached hydrogens (tertiary/aromatic N) is 2. The summed E-state index contributed by atoms with van der Waals surface area (Å²) in [5.74, 6) is 0.686. The normalized spacial score (nSPS) is 18.6. The van der Waals surface area contributed by atoms with Crippen LogP contribution in [0.3, 0.4) is 0 Å². The van der Waals surface area contributed by atoms with E-state index in [1.54, 1.807) is 36.4 Å². The van der Waals surface area contributed by atoms with E-state index in [0.29, 0.717) is 12.3 Å². The Bertz CT molecular complexity index is 854. The van der Waals surface area contributed by atoms with Crippen molar-refractivity contribution >= 4 is 50.1 Å². The average Bonchev–Trinajstić information content (AvgIpc) is 3.06. The van der Waals surface area contributed by atoms with E-state index in [-0.39, 0.29) is 16.0 Å². The molecule has 0 bridgehead atoms. The van der Waals surface area contributed by atoms with Crippen LogP contribution in [0.25, 0.3) is 0 Å². The molecule has 1 fully saturated rings. The Labute approximate surface area is 157 Å². The van der Waals surface area contributed by atoms with Crippen LogP contribution in [0.4, 0.5) is 5.69 Å². The number of thioether (sulfide) groups is 1. The summed E-state index contributed by atoms with van der Waals surface area (Å²) in [5, 5.41) is 10.4. The first-order valence-electron chi connectivity index (χ1n) is 7.03. The Balaban J connectivity index is 1.92. The second-order valence-electron chi connectivity index (χ2n) is 5.14. The zero-order chi connectivity index (χ0) is 17.3. The van der Waals surface area contributed by atoms with Crippen LogP contribution in [0.5, 0.6) is 0 Å². The molecule has 0 radical (unpaired) electrons. The van der Waals surface area contributed by atoms with Gasteiger partial charge in [-0.1, -0.05) is 0 Å². The molecule has 9 heteroatoms. The number of hydrogen-bond donors (Lipinski definition) is 0. The number of nitro groups is 1. The number of sulfonamides is 1. The maximum atomic E-state index is 12.9. The predicted molar refractivity (Wildman–Crippen MR) is 101 cm³/mol. The summed E-state index contributed by atoms with van der Waals surface area (Å²) in [4.78, 5) is 10.6. The maximum absolute atomic E-state index is 12.9. The van der Waals surface area contributed by atoms with Gasteiger partial charge < -0.3 is 0 Å². The van der Waals surface area contributed by atoms with E-state index in [9.17, 15) is 18.5 Å². The molecule has 1 heterocycles. The first-order valence-corrected chi connectivity index (χ1v) is 10.6. The molecular formula is C15H13IN2O4S2. The molecule has 6 nitrogen and oxygen atoms in total. The van der Waals surface area contributed by atoms with Gasteiger partial charge >= 0.3 is 0 Å². The lowest BCUT2D eigenvalue weighted by Gasteiger charge is -2.23. The van der Waals surface area contributed by atoms with Gasteiger partial charge in [-0.05, 0) is 64.6 Å². The van der Waals surface area contributed by atoms with Crippen molar-refractivity contribution in [2.24, 2.45) is 0 Å². The summed E-state index contributed by atoms with van der Waals surface area (Å²) in [6, 6.07) is 12.8. The van der Waals surface area contributed by atoms with Gasteiger partial charge in [-0.3, -0.25) is 10.1 Å². The molecule has 0 spiro atoms. The highest BCUT2D eigenvalue weighted by atomic mass is 127. The van der Waals surface area contributed by atoms with Crippen molar-refractivity contribution in [3.63, 3.8) is 0 Å². The first-order chi connectivity index (χ1) is 11.4. The van der Waals surface area contributed by atoms with Crippen molar-refractivity contribution in [1.82, 2.24) is 4.31 Å². The van der Waals surface area contributed by atoms with Crippen molar-refractivity contribution in [3.8, 4) is 0 Å². The maximum Gasteiger partial charge on any atom is 0.269 e. The van der Waals surface area contributed by atoms with Crippen molar-refractivity contribution < 1.29 is 13.3 Å². The quantitative estimate of drug-likeness (QED) is 0.383. The second-order valence-corrected chi connectivity index (χ2v) is 9.47. The highest BCUT2D eigenvalue weighted by Gasteiger charge is 2.36. The Morgan fingerprint density at radius 2 is 1.75 bits per heavy atom. The van der Waals surface area contributed by atoms with Crippen LogP contribution in [0.2, 0.25) is 0 Å². The van der Waals surface area contributed by atoms with Crippen molar-refractivity contribution in [2.45, 2.75) is 10.3 Å². The van der Waals surface area contributed by atoms with Crippen molar-refractivity contribution in [3.05, 3.63) is 67.8 Å². The minimum atomic E-state index is -3.60. The number of halogens is 1. The van der Waals surface area contributed by atoms with Gasteiger partial charge in [0.05, 0.1) is 15.2 Å². The molecule has 0 aromatic heterocycles. The zero-order valence-electron chi connectivity index (χ0n) is 12.3. The van der Waals surface area contributed by atoms with Crippen LogP contribution in [-0.2, 0) is 10.0 Å². The molecule has 1 saturated heterocycles. The van der Waals surface area contributed by atoms with E-state index >= 15 is 0 Å². The Hall–Kier alpha value is -1.17. The highest BCUT2D eigenvalue weighted by molar-refractivity contribution is 14.1. The fourth-order valence-corrected chi connectivity index (χ4v) is 6.07. The van der Waals surface area contributed by atoms with Crippen LogP contribution < -0.4 is 0 Å². The van der Waals surface area contributed by atoms with Crippen molar-refractivity contribution in [1.29, 1.82) is 0 Å². The van der Waals surface area contributed by atoms with Crippen LogP contribution in [0.1, 0.15) is 10.9 Å². The van der Waals surface area contributed by atoms with Gasteiger partial charge in [0.15, 0.2) is 0 Å². The molecule has 0 saturated carbocycles.